The number of imidazole rings is 1. The van der Waals surface area contributed by atoms with E-state index in [1.54, 1.807) is 24.5 Å². The molecule has 0 aliphatic carbocycles. The van der Waals surface area contributed by atoms with Gasteiger partial charge in [0.15, 0.2) is 11.5 Å². The van der Waals surface area contributed by atoms with E-state index in [1.807, 2.05) is 60.2 Å². The van der Waals surface area contributed by atoms with E-state index in [4.69, 9.17) is 14.2 Å². The lowest BCUT2D eigenvalue weighted by Gasteiger charge is -2.32. The second kappa shape index (κ2) is 12.1. The van der Waals surface area contributed by atoms with Crippen molar-refractivity contribution in [2.45, 2.75) is 32.5 Å². The average molecular weight is 509 g/mol. The molecule has 0 spiro atoms. The first-order valence-corrected chi connectivity index (χ1v) is 12.5. The number of ether oxygens (including phenoxy) is 3. The lowest BCUT2D eigenvalue weighted by atomic mass is 10.0. The SMILES string of the molecule is COc1cc(CN2CCN(C(C)=O)C[C@](O)(COc3ccc(C)cc3)C2)ccc1OCCn1ccnc1. The van der Waals surface area contributed by atoms with E-state index in [9.17, 15) is 9.90 Å². The van der Waals surface area contributed by atoms with Crippen molar-refractivity contribution in [3.63, 3.8) is 0 Å². The summed E-state index contributed by atoms with van der Waals surface area (Å²) < 4.78 is 19.4. The van der Waals surface area contributed by atoms with Gasteiger partial charge in [-0.25, -0.2) is 4.98 Å². The number of carbonyl (C=O) groups is 1. The quantitative estimate of drug-likeness (QED) is 0.451. The number of carbonyl (C=O) groups excluding carboxylic acids is 1. The number of nitrogens with zero attached hydrogens (tertiary/aromatic N) is 4. The molecule has 4 rings (SSSR count). The molecule has 1 N–H and O–H groups in total. The summed E-state index contributed by atoms with van der Waals surface area (Å²) in [6.45, 7) is 7.17. The molecule has 0 saturated carbocycles. The number of β-amino-alcohol motifs (C(OH)–C–C–N with tert-alkyl or cyclic N) is 1. The minimum atomic E-state index is -1.21. The zero-order chi connectivity index (χ0) is 26.3. The number of hydrogen-bond donors (Lipinski definition) is 1. The minimum Gasteiger partial charge on any atom is -0.493 e. The molecule has 9 heteroatoms. The number of aryl methyl sites for hydroxylation is 1. The molecular formula is C28H36N4O5. The average Bonchev–Trinajstić information content (AvgIpc) is 3.34. The standard InChI is InChI=1S/C28H36N4O5/c1-22-4-7-25(8-5-22)37-20-28(34)18-31(12-13-32(19-28)23(2)33)17-24-6-9-26(27(16-24)35-3)36-15-14-30-11-10-29-21-30/h4-11,16,21,34H,12-15,17-20H2,1-3H3/t28-/m0/s1. The van der Waals surface area contributed by atoms with E-state index >= 15 is 0 Å². The molecule has 1 aliphatic heterocycles. The van der Waals surface area contributed by atoms with E-state index in [-0.39, 0.29) is 19.1 Å². The molecule has 1 aliphatic rings. The van der Waals surface area contributed by atoms with Crippen LogP contribution in [0, 0.1) is 6.92 Å². The fourth-order valence-corrected chi connectivity index (χ4v) is 4.46. The molecular weight excluding hydrogens is 472 g/mol. The first-order valence-electron chi connectivity index (χ1n) is 12.5. The number of benzene rings is 2. The van der Waals surface area contributed by atoms with Crippen molar-refractivity contribution in [2.75, 3.05) is 46.5 Å². The maximum Gasteiger partial charge on any atom is 0.219 e. The number of aliphatic hydroxyl groups is 1. The first-order chi connectivity index (χ1) is 17.8. The van der Waals surface area contributed by atoms with Crippen LogP contribution in [0.5, 0.6) is 17.2 Å². The van der Waals surface area contributed by atoms with Crippen molar-refractivity contribution in [3.8, 4) is 17.2 Å². The zero-order valence-electron chi connectivity index (χ0n) is 21.8. The van der Waals surface area contributed by atoms with Gasteiger partial charge in [-0.1, -0.05) is 23.8 Å². The minimum absolute atomic E-state index is 0.0607. The Kier molecular flexibility index (Phi) is 8.68. The summed E-state index contributed by atoms with van der Waals surface area (Å²) in [5.41, 5.74) is 0.949. The maximum atomic E-state index is 12.2. The Hall–Kier alpha value is -3.56. The molecule has 198 valence electrons. The van der Waals surface area contributed by atoms with Crippen LogP contribution in [0.1, 0.15) is 18.1 Å². The monoisotopic (exact) mass is 508 g/mol. The van der Waals surface area contributed by atoms with Crippen molar-refractivity contribution in [1.29, 1.82) is 0 Å². The van der Waals surface area contributed by atoms with Crippen LogP contribution >= 0.6 is 0 Å². The van der Waals surface area contributed by atoms with Crippen LogP contribution in [0.3, 0.4) is 0 Å². The third-order valence-corrected chi connectivity index (χ3v) is 6.46. The van der Waals surface area contributed by atoms with Crippen molar-refractivity contribution in [2.24, 2.45) is 0 Å². The fourth-order valence-electron chi connectivity index (χ4n) is 4.46. The summed E-state index contributed by atoms with van der Waals surface area (Å²) in [5, 5.41) is 11.5. The van der Waals surface area contributed by atoms with Crippen LogP contribution in [0.2, 0.25) is 0 Å². The van der Waals surface area contributed by atoms with Gasteiger partial charge in [0, 0.05) is 45.5 Å². The lowest BCUT2D eigenvalue weighted by Crippen LogP contribution is -2.51. The van der Waals surface area contributed by atoms with Crippen LogP contribution in [-0.4, -0.2) is 82.5 Å². The molecule has 0 unspecified atom stereocenters. The van der Waals surface area contributed by atoms with Crippen molar-refractivity contribution in [3.05, 3.63) is 72.3 Å². The van der Waals surface area contributed by atoms with Gasteiger partial charge in [0.1, 0.15) is 24.6 Å². The normalized spacial score (nSPS) is 18.3. The van der Waals surface area contributed by atoms with Crippen molar-refractivity contribution < 1.29 is 24.1 Å². The largest absolute Gasteiger partial charge is 0.493 e. The summed E-state index contributed by atoms with van der Waals surface area (Å²) in [6.07, 6.45) is 5.39. The highest BCUT2D eigenvalue weighted by molar-refractivity contribution is 5.73. The van der Waals surface area contributed by atoms with Gasteiger partial charge < -0.3 is 28.8 Å². The summed E-state index contributed by atoms with van der Waals surface area (Å²) >= 11 is 0. The molecule has 2 heterocycles. The zero-order valence-corrected chi connectivity index (χ0v) is 21.8. The highest BCUT2D eigenvalue weighted by Crippen LogP contribution is 2.29. The third-order valence-electron chi connectivity index (χ3n) is 6.46. The number of aromatic nitrogens is 2. The van der Waals surface area contributed by atoms with E-state index in [1.165, 1.54) is 6.92 Å². The topological polar surface area (TPSA) is 89.3 Å². The Morgan fingerprint density at radius 2 is 1.89 bits per heavy atom. The Balaban J connectivity index is 1.42. The van der Waals surface area contributed by atoms with Gasteiger partial charge in [-0.05, 0) is 36.8 Å². The molecule has 1 amide bonds. The fraction of sp³-hybridized carbons (Fsp3) is 0.429. The molecule has 9 nitrogen and oxygen atoms in total. The maximum absolute atomic E-state index is 12.2. The summed E-state index contributed by atoms with van der Waals surface area (Å²) in [5.74, 6) is 1.96. The third kappa shape index (κ3) is 7.47. The Labute approximate surface area is 218 Å². The molecule has 1 aromatic heterocycles. The molecule has 1 saturated heterocycles. The Morgan fingerprint density at radius 1 is 1.08 bits per heavy atom. The molecule has 2 aromatic carbocycles. The van der Waals surface area contributed by atoms with Gasteiger partial charge in [0.25, 0.3) is 0 Å². The van der Waals surface area contributed by atoms with Gasteiger partial charge in [-0.15, -0.1) is 0 Å². The van der Waals surface area contributed by atoms with Crippen molar-refractivity contribution in [1.82, 2.24) is 19.4 Å². The molecule has 3 aromatic rings. The summed E-state index contributed by atoms with van der Waals surface area (Å²) in [4.78, 5) is 20.1. The van der Waals surface area contributed by atoms with Gasteiger partial charge in [0.05, 0.1) is 26.5 Å². The molecule has 0 bridgehead atoms. The van der Waals surface area contributed by atoms with Crippen LogP contribution < -0.4 is 14.2 Å². The predicted molar refractivity (Wildman–Crippen MR) is 140 cm³/mol. The van der Waals surface area contributed by atoms with Crippen LogP contribution in [0.15, 0.2) is 61.2 Å². The van der Waals surface area contributed by atoms with Gasteiger partial charge in [-0.2, -0.15) is 0 Å². The Morgan fingerprint density at radius 3 is 2.59 bits per heavy atom. The number of methoxy groups -OCH3 is 1. The van der Waals surface area contributed by atoms with Gasteiger partial charge in [-0.3, -0.25) is 9.69 Å². The lowest BCUT2D eigenvalue weighted by molar-refractivity contribution is -0.132. The number of hydrogen-bond acceptors (Lipinski definition) is 7. The van der Waals surface area contributed by atoms with E-state index < -0.39 is 5.60 Å². The Bertz CT molecular complexity index is 1150. The number of rotatable bonds is 10. The molecule has 1 atom stereocenters. The van der Waals surface area contributed by atoms with Gasteiger partial charge >= 0.3 is 0 Å². The van der Waals surface area contributed by atoms with Crippen LogP contribution in [0.4, 0.5) is 0 Å². The smallest absolute Gasteiger partial charge is 0.219 e. The second-order valence-corrected chi connectivity index (χ2v) is 9.61. The first kappa shape index (κ1) is 26.5. The number of amides is 1. The van der Waals surface area contributed by atoms with Crippen LogP contribution in [0.25, 0.3) is 0 Å². The van der Waals surface area contributed by atoms with Gasteiger partial charge in [0.2, 0.25) is 5.91 Å². The van der Waals surface area contributed by atoms with E-state index in [0.717, 1.165) is 11.1 Å². The molecule has 0 radical (unpaired) electrons. The summed E-state index contributed by atoms with van der Waals surface area (Å²) in [7, 11) is 1.62. The predicted octanol–water partition coefficient (Wildman–Crippen LogP) is 2.75. The van der Waals surface area contributed by atoms with Crippen molar-refractivity contribution >= 4 is 5.91 Å². The molecule has 37 heavy (non-hydrogen) atoms. The second-order valence-electron chi connectivity index (χ2n) is 9.61. The summed E-state index contributed by atoms with van der Waals surface area (Å²) in [6, 6.07) is 13.6. The van der Waals surface area contributed by atoms with E-state index in [0.29, 0.717) is 56.6 Å². The molecule has 1 fully saturated rings. The highest BCUT2D eigenvalue weighted by Gasteiger charge is 2.37. The van der Waals surface area contributed by atoms with E-state index in [2.05, 4.69) is 9.88 Å². The highest BCUT2D eigenvalue weighted by atomic mass is 16.5. The van der Waals surface area contributed by atoms with Crippen LogP contribution in [-0.2, 0) is 17.9 Å².